The van der Waals surface area contributed by atoms with Crippen molar-refractivity contribution in [3.63, 3.8) is 0 Å². The van der Waals surface area contributed by atoms with Crippen LogP contribution >= 0.6 is 37.2 Å². The summed E-state index contributed by atoms with van der Waals surface area (Å²) in [7, 11) is 2.74. The SMILES string of the molecule is CO[Si](C)C.CO[Si](C)C.II.[Y].[Y]. The molecule has 0 amide bonds. The van der Waals surface area contributed by atoms with Crippen LogP contribution in [0.2, 0.25) is 26.2 Å². The van der Waals surface area contributed by atoms with Crippen molar-refractivity contribution < 1.29 is 74.3 Å². The topological polar surface area (TPSA) is 18.5 Å². The fraction of sp³-hybridized carbons (Fsp3) is 1.00. The minimum absolute atomic E-state index is 0. The van der Waals surface area contributed by atoms with E-state index in [1.807, 2.05) is 0 Å². The third-order valence-corrected chi connectivity index (χ3v) is 2.45. The monoisotopic (exact) mass is 610 g/mol. The predicted molar refractivity (Wildman–Crippen MR) is 77.0 cm³/mol. The van der Waals surface area contributed by atoms with Crippen LogP contribution < -0.4 is 0 Å². The first-order valence-electron chi connectivity index (χ1n) is 3.37. The van der Waals surface area contributed by atoms with Gasteiger partial charge in [-0.1, -0.05) is 0 Å². The summed E-state index contributed by atoms with van der Waals surface area (Å²) in [6.07, 6.45) is 0. The quantitative estimate of drug-likeness (QED) is 0.353. The molecule has 0 bridgehead atoms. The van der Waals surface area contributed by atoms with Crippen LogP contribution in [0.15, 0.2) is 0 Å². The van der Waals surface area contributed by atoms with Gasteiger partial charge in [-0.2, -0.15) is 0 Å². The molecule has 2 nitrogen and oxygen atoms in total. The molecule has 0 heterocycles. The van der Waals surface area contributed by atoms with Gasteiger partial charge in [0.1, 0.15) is 0 Å². The molecule has 0 saturated heterocycles. The second kappa shape index (κ2) is 30.2. The van der Waals surface area contributed by atoms with Crippen molar-refractivity contribution in [1.82, 2.24) is 0 Å². The molecule has 0 aliphatic heterocycles. The zero-order valence-corrected chi connectivity index (χ0v) is 21.7. The molecule has 0 saturated carbocycles. The second-order valence-corrected chi connectivity index (χ2v) is 6.67. The predicted octanol–water partition coefficient (Wildman–Crippen LogP) is 3.53. The molecule has 0 aliphatic rings. The Morgan fingerprint density at radius 3 is 0.786 bits per heavy atom. The Labute approximate surface area is 166 Å². The van der Waals surface area contributed by atoms with Gasteiger partial charge in [-0.3, -0.25) is 0 Å². The van der Waals surface area contributed by atoms with Crippen molar-refractivity contribution in [2.75, 3.05) is 14.2 Å². The molecule has 14 heavy (non-hydrogen) atoms. The van der Waals surface area contributed by atoms with Gasteiger partial charge in [0.15, 0.2) is 0 Å². The van der Waals surface area contributed by atoms with Crippen LogP contribution in [-0.2, 0) is 74.3 Å². The molecule has 0 aromatic carbocycles. The van der Waals surface area contributed by atoms with Crippen molar-refractivity contribution in [2.45, 2.75) is 26.2 Å². The van der Waals surface area contributed by atoms with Gasteiger partial charge in [0.05, 0.1) is 0 Å². The number of halogens is 2. The largest absolute Gasteiger partial charge is 0.420 e. The van der Waals surface area contributed by atoms with Crippen LogP contribution in [0.5, 0.6) is 0 Å². The van der Waals surface area contributed by atoms with E-state index in [9.17, 15) is 0 Å². The molecule has 0 unspecified atom stereocenters. The van der Waals surface area contributed by atoms with Crippen LogP contribution in [-0.4, -0.2) is 32.3 Å². The Kier molecular flexibility index (Phi) is 66.5. The van der Waals surface area contributed by atoms with Crippen molar-refractivity contribution in [3.05, 3.63) is 0 Å². The van der Waals surface area contributed by atoms with E-state index in [2.05, 4.69) is 63.4 Å². The zero-order valence-electron chi connectivity index (χ0n) is 9.73. The van der Waals surface area contributed by atoms with E-state index in [4.69, 9.17) is 8.85 Å². The van der Waals surface area contributed by atoms with Gasteiger partial charge >= 0.3 is 0 Å². The second-order valence-electron chi connectivity index (χ2n) is 2.22. The van der Waals surface area contributed by atoms with Crippen molar-refractivity contribution >= 4 is 55.3 Å². The smallest absolute Gasteiger partial charge is 0.204 e. The average molecular weight is 610 g/mol. The summed E-state index contributed by atoms with van der Waals surface area (Å²) >= 11 is 4.24. The van der Waals surface area contributed by atoms with Crippen LogP contribution in [0.3, 0.4) is 0 Å². The fourth-order valence-corrected chi connectivity index (χ4v) is 0. The van der Waals surface area contributed by atoms with Crippen molar-refractivity contribution in [2.24, 2.45) is 0 Å². The van der Waals surface area contributed by atoms with Gasteiger partial charge in [0.25, 0.3) is 0 Å². The molecule has 8 heteroatoms. The van der Waals surface area contributed by atoms with E-state index in [1.165, 1.54) is 0 Å². The van der Waals surface area contributed by atoms with Gasteiger partial charge in [0, 0.05) is 117 Å². The maximum Gasteiger partial charge on any atom is 0.204 e. The van der Waals surface area contributed by atoms with E-state index in [0.717, 1.165) is 0 Å². The molecule has 4 radical (unpaired) electrons. The molecule has 82 valence electrons. The van der Waals surface area contributed by atoms with E-state index in [0.29, 0.717) is 0 Å². The number of rotatable bonds is 2. The Bertz CT molecular complexity index is 65.8. The molecule has 0 spiro atoms. The van der Waals surface area contributed by atoms with Gasteiger partial charge < -0.3 is 8.85 Å². The van der Waals surface area contributed by atoms with E-state index >= 15 is 0 Å². The van der Waals surface area contributed by atoms with Crippen LogP contribution in [0.4, 0.5) is 0 Å². The van der Waals surface area contributed by atoms with E-state index in [-0.39, 0.29) is 83.5 Å². The summed E-state index contributed by atoms with van der Waals surface area (Å²) in [5, 5.41) is 0. The maximum absolute atomic E-state index is 4.85. The molecule has 0 aromatic heterocycles. The molecular formula is C6H18I2O2Si2Y2. The first-order chi connectivity index (χ1) is 5.54. The van der Waals surface area contributed by atoms with Crippen LogP contribution in [0.25, 0.3) is 0 Å². The van der Waals surface area contributed by atoms with Gasteiger partial charge in [0.2, 0.25) is 18.1 Å². The maximum atomic E-state index is 4.85. The fourth-order valence-electron chi connectivity index (χ4n) is 0. The van der Waals surface area contributed by atoms with Crippen LogP contribution in [0, 0.1) is 0 Å². The molecule has 0 aromatic rings. The van der Waals surface area contributed by atoms with Gasteiger partial charge in [-0.25, -0.2) is 0 Å². The van der Waals surface area contributed by atoms with Crippen molar-refractivity contribution in [3.8, 4) is 0 Å². The minimum atomic E-state index is -0.374. The summed E-state index contributed by atoms with van der Waals surface area (Å²) < 4.78 is 9.70. The third-order valence-electron chi connectivity index (χ3n) is 0.816. The van der Waals surface area contributed by atoms with Crippen molar-refractivity contribution in [1.29, 1.82) is 0 Å². The first kappa shape index (κ1) is 30.8. The molecule has 0 fully saturated rings. The van der Waals surface area contributed by atoms with Crippen LogP contribution in [0.1, 0.15) is 0 Å². The first-order valence-corrected chi connectivity index (χ1v) is 14.5. The summed E-state index contributed by atoms with van der Waals surface area (Å²) in [6, 6.07) is 0. The Morgan fingerprint density at radius 2 is 0.786 bits per heavy atom. The Balaban J connectivity index is -0.0000000292. The van der Waals surface area contributed by atoms with E-state index in [1.54, 1.807) is 14.2 Å². The number of hydrogen-bond acceptors (Lipinski definition) is 2. The van der Waals surface area contributed by atoms with Gasteiger partial charge in [-0.05, 0) is 26.2 Å². The summed E-state index contributed by atoms with van der Waals surface area (Å²) in [5.74, 6) is 0. The van der Waals surface area contributed by atoms with Gasteiger partial charge in [-0.15, -0.1) is 0 Å². The Hall–Kier alpha value is 4.02. The summed E-state index contributed by atoms with van der Waals surface area (Å²) in [4.78, 5) is 0. The number of hydrogen-bond donors (Lipinski definition) is 0. The van der Waals surface area contributed by atoms with E-state index < -0.39 is 0 Å². The minimum Gasteiger partial charge on any atom is -0.420 e. The summed E-state index contributed by atoms with van der Waals surface area (Å²) in [5.41, 5.74) is 0. The molecule has 0 rings (SSSR count). The standard InChI is InChI=1S/2C3H9OSi.I2.2Y/c2*1-4-5(2)3;1-2;;/h2*1-3H3;;;. The normalized spacial score (nSPS) is 7.29. The Morgan fingerprint density at radius 1 is 0.714 bits per heavy atom. The molecule has 0 atom stereocenters. The zero-order chi connectivity index (χ0) is 10.6. The summed E-state index contributed by atoms with van der Waals surface area (Å²) in [6.45, 7) is 8.41. The molecular weight excluding hydrogens is 592 g/mol. The third kappa shape index (κ3) is 56.2. The molecule has 0 aliphatic carbocycles. The average Bonchev–Trinajstić information content (AvgIpc) is 2.09. The molecule has 0 N–H and O–H groups in total.